The third-order valence-electron chi connectivity index (χ3n) is 2.68. The van der Waals surface area contributed by atoms with Crippen molar-refractivity contribution >= 4 is 11.0 Å². The molecule has 0 bridgehead atoms. The van der Waals surface area contributed by atoms with Crippen molar-refractivity contribution < 1.29 is 14.2 Å². The summed E-state index contributed by atoms with van der Waals surface area (Å²) >= 11 is 0. The average molecular weight is 276 g/mol. The number of fused-ring (bicyclic) bond motifs is 1. The Labute approximate surface area is 116 Å². The SMILES string of the molecule is CCOc1ncnc2c1c(C#N)cn2COCCOC. The predicted octanol–water partition coefficient (Wildman–Crippen LogP) is 1.32. The molecule has 0 N–H and O–H groups in total. The van der Waals surface area contributed by atoms with E-state index < -0.39 is 0 Å². The molecule has 0 aliphatic carbocycles. The van der Waals surface area contributed by atoms with Crippen molar-refractivity contribution in [3.8, 4) is 11.9 Å². The molecule has 0 aliphatic rings. The molecule has 0 atom stereocenters. The van der Waals surface area contributed by atoms with Gasteiger partial charge in [-0.2, -0.15) is 5.26 Å². The highest BCUT2D eigenvalue weighted by Crippen LogP contribution is 2.26. The van der Waals surface area contributed by atoms with Crippen LogP contribution in [0.5, 0.6) is 5.88 Å². The number of hydrogen-bond donors (Lipinski definition) is 0. The van der Waals surface area contributed by atoms with Gasteiger partial charge in [-0.15, -0.1) is 0 Å². The van der Waals surface area contributed by atoms with Crippen LogP contribution in [-0.2, 0) is 16.2 Å². The van der Waals surface area contributed by atoms with Crippen LogP contribution in [0.3, 0.4) is 0 Å². The number of rotatable bonds is 7. The number of ether oxygens (including phenoxy) is 3. The smallest absolute Gasteiger partial charge is 0.227 e. The first-order valence-corrected chi connectivity index (χ1v) is 6.25. The van der Waals surface area contributed by atoms with E-state index in [2.05, 4.69) is 16.0 Å². The van der Waals surface area contributed by atoms with Crippen molar-refractivity contribution in [3.05, 3.63) is 18.1 Å². The molecule has 7 nitrogen and oxygen atoms in total. The average Bonchev–Trinajstić information content (AvgIpc) is 2.83. The fourth-order valence-electron chi connectivity index (χ4n) is 1.83. The highest BCUT2D eigenvalue weighted by atomic mass is 16.5. The number of hydrogen-bond acceptors (Lipinski definition) is 6. The van der Waals surface area contributed by atoms with Gasteiger partial charge in [0.25, 0.3) is 0 Å². The molecule has 0 saturated carbocycles. The van der Waals surface area contributed by atoms with Crippen LogP contribution in [0.4, 0.5) is 0 Å². The van der Waals surface area contributed by atoms with Gasteiger partial charge >= 0.3 is 0 Å². The first-order chi connectivity index (χ1) is 9.81. The van der Waals surface area contributed by atoms with E-state index in [1.54, 1.807) is 17.9 Å². The maximum atomic E-state index is 9.22. The van der Waals surface area contributed by atoms with Gasteiger partial charge in [-0.05, 0) is 6.92 Å². The van der Waals surface area contributed by atoms with Crippen molar-refractivity contribution in [2.75, 3.05) is 26.9 Å². The van der Waals surface area contributed by atoms with Crippen molar-refractivity contribution in [1.82, 2.24) is 14.5 Å². The van der Waals surface area contributed by atoms with Gasteiger partial charge in [0.1, 0.15) is 19.1 Å². The van der Waals surface area contributed by atoms with E-state index in [0.29, 0.717) is 49.0 Å². The highest BCUT2D eigenvalue weighted by molar-refractivity contribution is 5.87. The zero-order valence-electron chi connectivity index (χ0n) is 11.5. The van der Waals surface area contributed by atoms with Gasteiger partial charge in [-0.25, -0.2) is 9.97 Å². The summed E-state index contributed by atoms with van der Waals surface area (Å²) in [4.78, 5) is 8.27. The van der Waals surface area contributed by atoms with Crippen LogP contribution < -0.4 is 4.74 Å². The van der Waals surface area contributed by atoms with E-state index in [0.717, 1.165) is 0 Å². The lowest BCUT2D eigenvalue weighted by atomic mass is 10.2. The van der Waals surface area contributed by atoms with Crippen LogP contribution in [0.1, 0.15) is 12.5 Å². The second-order valence-corrected chi connectivity index (χ2v) is 3.96. The van der Waals surface area contributed by atoms with E-state index in [-0.39, 0.29) is 0 Å². The maximum absolute atomic E-state index is 9.22. The fourth-order valence-corrected chi connectivity index (χ4v) is 1.83. The summed E-state index contributed by atoms with van der Waals surface area (Å²) in [5.74, 6) is 0.421. The third-order valence-corrected chi connectivity index (χ3v) is 2.68. The second-order valence-electron chi connectivity index (χ2n) is 3.96. The third kappa shape index (κ3) is 2.87. The van der Waals surface area contributed by atoms with Gasteiger partial charge in [0, 0.05) is 13.3 Å². The summed E-state index contributed by atoms with van der Waals surface area (Å²) in [5, 5.41) is 9.83. The summed E-state index contributed by atoms with van der Waals surface area (Å²) in [7, 11) is 1.61. The van der Waals surface area contributed by atoms with Gasteiger partial charge in [-0.1, -0.05) is 0 Å². The molecule has 2 rings (SSSR count). The van der Waals surface area contributed by atoms with Crippen LogP contribution in [0.25, 0.3) is 11.0 Å². The molecule has 0 saturated heterocycles. The molecule has 0 aromatic carbocycles. The molecule has 2 aromatic heterocycles. The Hall–Kier alpha value is -2.17. The normalized spacial score (nSPS) is 10.7. The zero-order chi connectivity index (χ0) is 14.4. The molecule has 0 unspecified atom stereocenters. The monoisotopic (exact) mass is 276 g/mol. The minimum atomic E-state index is 0.296. The number of nitrogens with zero attached hydrogens (tertiary/aromatic N) is 4. The van der Waals surface area contributed by atoms with E-state index in [9.17, 15) is 5.26 Å². The Morgan fingerprint density at radius 3 is 2.90 bits per heavy atom. The van der Waals surface area contributed by atoms with Crippen molar-refractivity contribution in [3.63, 3.8) is 0 Å². The quantitative estimate of drug-likeness (QED) is 0.709. The molecule has 0 aliphatic heterocycles. The molecule has 2 heterocycles. The van der Waals surface area contributed by atoms with E-state index in [1.807, 2.05) is 6.92 Å². The molecular weight excluding hydrogens is 260 g/mol. The summed E-state index contributed by atoms with van der Waals surface area (Å²) in [5.41, 5.74) is 1.09. The maximum Gasteiger partial charge on any atom is 0.227 e. The van der Waals surface area contributed by atoms with E-state index >= 15 is 0 Å². The van der Waals surface area contributed by atoms with Crippen LogP contribution >= 0.6 is 0 Å². The Balaban J connectivity index is 2.32. The molecule has 0 radical (unpaired) electrons. The lowest BCUT2D eigenvalue weighted by Gasteiger charge is -2.06. The summed E-state index contributed by atoms with van der Waals surface area (Å²) in [6.45, 7) is 3.63. The molecule has 2 aromatic rings. The minimum Gasteiger partial charge on any atom is -0.477 e. The molecule has 7 heteroatoms. The van der Waals surface area contributed by atoms with Crippen molar-refractivity contribution in [1.29, 1.82) is 5.26 Å². The van der Waals surface area contributed by atoms with Gasteiger partial charge in [-0.3, -0.25) is 0 Å². The number of aromatic nitrogens is 3. The summed E-state index contributed by atoms with van der Waals surface area (Å²) in [6, 6.07) is 2.13. The lowest BCUT2D eigenvalue weighted by Crippen LogP contribution is -2.07. The lowest BCUT2D eigenvalue weighted by molar-refractivity contribution is 0.0358. The Kier molecular flexibility index (Phi) is 4.87. The van der Waals surface area contributed by atoms with Gasteiger partial charge in [0.05, 0.1) is 30.8 Å². The first-order valence-electron chi connectivity index (χ1n) is 6.25. The first kappa shape index (κ1) is 14.2. The van der Waals surface area contributed by atoms with Crippen molar-refractivity contribution in [2.45, 2.75) is 13.7 Å². The largest absolute Gasteiger partial charge is 0.477 e. The molecule has 0 fully saturated rings. The summed E-state index contributed by atoms with van der Waals surface area (Å²) < 4.78 is 17.6. The molecular formula is C13H16N4O3. The van der Waals surface area contributed by atoms with Crippen LogP contribution in [0, 0.1) is 11.3 Å². The topological polar surface area (TPSA) is 82.2 Å². The second kappa shape index (κ2) is 6.84. The summed E-state index contributed by atoms with van der Waals surface area (Å²) in [6.07, 6.45) is 3.11. The van der Waals surface area contributed by atoms with Crippen molar-refractivity contribution in [2.24, 2.45) is 0 Å². The van der Waals surface area contributed by atoms with E-state index in [1.165, 1.54) is 6.33 Å². The van der Waals surface area contributed by atoms with Crippen LogP contribution in [-0.4, -0.2) is 41.5 Å². The van der Waals surface area contributed by atoms with E-state index in [4.69, 9.17) is 14.2 Å². The standard InChI is InChI=1S/C13H16N4O3/c1-3-20-13-11-10(6-14)7-17(9-19-5-4-18-2)12(11)15-8-16-13/h7-8H,3-5,9H2,1-2H3. The Morgan fingerprint density at radius 2 is 2.20 bits per heavy atom. The fraction of sp³-hybridized carbons (Fsp3) is 0.462. The Bertz CT molecular complexity index is 618. The van der Waals surface area contributed by atoms with Gasteiger partial charge < -0.3 is 18.8 Å². The predicted molar refractivity (Wildman–Crippen MR) is 71.2 cm³/mol. The molecule has 20 heavy (non-hydrogen) atoms. The molecule has 0 spiro atoms. The Morgan fingerprint density at radius 1 is 1.35 bits per heavy atom. The van der Waals surface area contributed by atoms with Gasteiger partial charge in [0.2, 0.25) is 5.88 Å². The van der Waals surface area contributed by atoms with Crippen LogP contribution in [0.15, 0.2) is 12.5 Å². The molecule has 106 valence electrons. The van der Waals surface area contributed by atoms with Crippen LogP contribution in [0.2, 0.25) is 0 Å². The number of nitriles is 1. The minimum absolute atomic E-state index is 0.296. The highest BCUT2D eigenvalue weighted by Gasteiger charge is 2.15. The molecule has 0 amide bonds. The zero-order valence-corrected chi connectivity index (χ0v) is 11.5. The van der Waals surface area contributed by atoms with Gasteiger partial charge in [0.15, 0.2) is 5.65 Å². The number of methoxy groups -OCH3 is 1.